The Morgan fingerprint density at radius 3 is 2.18 bits per heavy atom. The van der Waals surface area contributed by atoms with Gasteiger partial charge in [0, 0.05) is 24.1 Å². The first kappa shape index (κ1) is 33.5. The minimum absolute atomic E-state index is 0.0233. The van der Waals surface area contributed by atoms with E-state index in [1.165, 1.54) is 42.5 Å². The van der Waals surface area contributed by atoms with Crippen molar-refractivity contribution in [3.05, 3.63) is 59.2 Å². The van der Waals surface area contributed by atoms with Crippen LogP contribution in [0.2, 0.25) is 0 Å². The molecule has 0 aromatic heterocycles. The lowest BCUT2D eigenvalue weighted by Gasteiger charge is -2.22. The Bertz CT molecular complexity index is 1540. The van der Waals surface area contributed by atoms with Crippen molar-refractivity contribution in [2.24, 2.45) is 10.9 Å². The SMILES string of the molecule is N=C(N)Nc1ccc(C(=O)Oc2cc(CCC(=O)N[C@@H](CC(=O)O)C(=O)O)cc(C3=NOC(CC(=O)O)(CC(=O)O)C3)c2)cc1. The normalized spacial score (nSPS) is 13.8. The number of hydrogen-bond acceptors (Lipinski definition) is 10. The van der Waals surface area contributed by atoms with Gasteiger partial charge in [-0.25, -0.2) is 9.59 Å². The molecular formula is C28H29N5O12. The van der Waals surface area contributed by atoms with Gasteiger partial charge in [-0.1, -0.05) is 5.16 Å². The highest BCUT2D eigenvalue weighted by atomic mass is 16.7. The Labute approximate surface area is 254 Å². The van der Waals surface area contributed by atoms with E-state index in [0.717, 1.165) is 0 Å². The van der Waals surface area contributed by atoms with E-state index >= 15 is 0 Å². The van der Waals surface area contributed by atoms with Crippen LogP contribution in [0.25, 0.3) is 0 Å². The quantitative estimate of drug-likeness (QED) is 0.0592. The molecule has 3 rings (SSSR count). The van der Waals surface area contributed by atoms with Gasteiger partial charge in [0.15, 0.2) is 11.6 Å². The van der Waals surface area contributed by atoms with Crippen LogP contribution >= 0.6 is 0 Å². The number of carboxylic acids is 4. The molecule has 238 valence electrons. The van der Waals surface area contributed by atoms with Crippen LogP contribution < -0.4 is 21.1 Å². The van der Waals surface area contributed by atoms with E-state index in [9.17, 15) is 44.1 Å². The number of carbonyl (C=O) groups excluding carboxylic acids is 2. The van der Waals surface area contributed by atoms with Crippen molar-refractivity contribution in [2.75, 3.05) is 5.32 Å². The average Bonchev–Trinajstić information content (AvgIpc) is 3.33. The van der Waals surface area contributed by atoms with Crippen LogP contribution in [0.3, 0.4) is 0 Å². The second-order valence-electron chi connectivity index (χ2n) is 10.1. The number of anilines is 1. The lowest BCUT2D eigenvalue weighted by atomic mass is 9.87. The molecule has 0 spiro atoms. The highest BCUT2D eigenvalue weighted by molar-refractivity contribution is 6.03. The molecule has 9 N–H and O–H groups in total. The minimum Gasteiger partial charge on any atom is -0.481 e. The van der Waals surface area contributed by atoms with Crippen molar-refractivity contribution < 1.29 is 58.8 Å². The number of carbonyl (C=O) groups is 6. The number of amides is 1. The van der Waals surface area contributed by atoms with Gasteiger partial charge in [-0.3, -0.25) is 24.6 Å². The molecule has 1 aliphatic rings. The summed E-state index contributed by atoms with van der Waals surface area (Å²) in [5.41, 5.74) is 4.99. The topological polar surface area (TPSA) is 288 Å². The van der Waals surface area contributed by atoms with Gasteiger partial charge < -0.3 is 46.4 Å². The lowest BCUT2D eigenvalue weighted by Crippen LogP contribution is -2.42. The summed E-state index contributed by atoms with van der Waals surface area (Å²) in [6, 6.07) is 8.49. The molecule has 0 aliphatic carbocycles. The number of ether oxygens (including phenoxy) is 1. The first-order chi connectivity index (χ1) is 21.1. The molecule has 0 fully saturated rings. The molecule has 17 nitrogen and oxygen atoms in total. The third-order valence-electron chi connectivity index (χ3n) is 6.35. The molecule has 0 unspecified atom stereocenters. The van der Waals surface area contributed by atoms with Crippen molar-refractivity contribution in [1.82, 2.24) is 5.32 Å². The number of nitrogens with one attached hydrogen (secondary N) is 3. The number of guanidine groups is 1. The number of nitrogens with two attached hydrogens (primary N) is 1. The second kappa shape index (κ2) is 14.5. The minimum atomic E-state index is -1.68. The predicted molar refractivity (Wildman–Crippen MR) is 153 cm³/mol. The summed E-state index contributed by atoms with van der Waals surface area (Å²) in [7, 11) is 0. The van der Waals surface area contributed by atoms with Crippen molar-refractivity contribution in [2.45, 2.75) is 50.2 Å². The zero-order valence-electron chi connectivity index (χ0n) is 23.4. The second-order valence-corrected chi connectivity index (χ2v) is 10.1. The van der Waals surface area contributed by atoms with E-state index in [0.29, 0.717) is 11.3 Å². The van der Waals surface area contributed by atoms with Gasteiger partial charge in [-0.05, 0) is 54.4 Å². The summed E-state index contributed by atoms with van der Waals surface area (Å²) >= 11 is 0. The molecular weight excluding hydrogens is 598 g/mol. The Hall–Kier alpha value is -6.00. The van der Waals surface area contributed by atoms with Crippen LogP contribution in [0, 0.1) is 5.41 Å². The lowest BCUT2D eigenvalue weighted by molar-refractivity contribution is -0.151. The molecule has 1 atom stereocenters. The standard InChI is InChI=1S/C28H29N5O12/c29-27(30)31-17-4-2-15(3-5-17)26(43)44-18-8-14(1-6-21(34)32-19(25(41)42)10-22(35)36)7-16(9-18)20-11-28(45-33-20,12-23(37)38)13-24(39)40/h2-5,7-9,19H,1,6,10-13H2,(H,32,34)(H,35,36)(H,37,38)(H,39,40)(H,41,42)(H4,29,30,31)/t19-/m0/s1. The highest BCUT2D eigenvalue weighted by Gasteiger charge is 2.44. The molecule has 1 amide bonds. The van der Waals surface area contributed by atoms with Crippen molar-refractivity contribution in [3.8, 4) is 5.75 Å². The summed E-state index contributed by atoms with van der Waals surface area (Å²) in [6.07, 6.45) is -2.72. The number of nitrogens with zero attached hydrogens (tertiary/aromatic N) is 1. The van der Waals surface area contributed by atoms with Crippen LogP contribution in [0.4, 0.5) is 5.69 Å². The van der Waals surface area contributed by atoms with Crippen LogP contribution in [0.1, 0.15) is 53.6 Å². The van der Waals surface area contributed by atoms with Gasteiger partial charge in [0.1, 0.15) is 11.8 Å². The van der Waals surface area contributed by atoms with Crippen LogP contribution in [-0.2, 0) is 35.2 Å². The number of esters is 1. The number of aryl methyl sites for hydroxylation is 1. The molecule has 1 heterocycles. The zero-order chi connectivity index (χ0) is 33.3. The fourth-order valence-electron chi connectivity index (χ4n) is 4.42. The molecule has 2 aromatic carbocycles. The summed E-state index contributed by atoms with van der Waals surface area (Å²) in [4.78, 5) is 75.8. The number of benzene rings is 2. The molecule has 0 radical (unpaired) electrons. The van der Waals surface area contributed by atoms with E-state index in [4.69, 9.17) is 25.8 Å². The molecule has 2 aromatic rings. The van der Waals surface area contributed by atoms with Gasteiger partial charge in [0.05, 0.1) is 30.5 Å². The van der Waals surface area contributed by atoms with Gasteiger partial charge >= 0.3 is 29.8 Å². The third-order valence-corrected chi connectivity index (χ3v) is 6.35. The molecule has 1 aliphatic heterocycles. The smallest absolute Gasteiger partial charge is 0.343 e. The van der Waals surface area contributed by atoms with E-state index in [2.05, 4.69) is 15.8 Å². The highest BCUT2D eigenvalue weighted by Crippen LogP contribution is 2.34. The number of aliphatic carboxylic acids is 4. The first-order valence-electron chi connectivity index (χ1n) is 13.1. The number of oxime groups is 1. The van der Waals surface area contributed by atoms with Gasteiger partial charge in [0.25, 0.3) is 0 Å². The van der Waals surface area contributed by atoms with Crippen molar-refractivity contribution in [1.29, 1.82) is 5.41 Å². The molecule has 0 saturated heterocycles. The van der Waals surface area contributed by atoms with E-state index in [1.54, 1.807) is 0 Å². The third kappa shape index (κ3) is 10.1. The fourth-order valence-corrected chi connectivity index (χ4v) is 4.42. The maximum absolute atomic E-state index is 12.9. The number of rotatable bonds is 15. The Morgan fingerprint density at radius 1 is 0.978 bits per heavy atom. The Morgan fingerprint density at radius 2 is 1.62 bits per heavy atom. The number of hydrogen-bond donors (Lipinski definition) is 8. The summed E-state index contributed by atoms with van der Waals surface area (Å²) < 4.78 is 5.54. The number of carboxylic acid groups (broad SMARTS) is 4. The van der Waals surface area contributed by atoms with Gasteiger partial charge in [0.2, 0.25) is 5.91 Å². The average molecular weight is 628 g/mol. The van der Waals surface area contributed by atoms with Gasteiger partial charge in [-0.15, -0.1) is 0 Å². The van der Waals surface area contributed by atoms with Gasteiger partial charge in [-0.2, -0.15) is 0 Å². The Kier molecular flexibility index (Phi) is 10.8. The molecule has 17 heteroatoms. The summed E-state index contributed by atoms with van der Waals surface area (Å²) in [6.45, 7) is 0. The van der Waals surface area contributed by atoms with E-state index in [-0.39, 0.29) is 47.8 Å². The fraction of sp³-hybridized carbons (Fsp3) is 0.286. The van der Waals surface area contributed by atoms with Crippen molar-refractivity contribution >= 4 is 53.1 Å². The molecule has 0 bridgehead atoms. The monoisotopic (exact) mass is 627 g/mol. The maximum Gasteiger partial charge on any atom is 0.343 e. The van der Waals surface area contributed by atoms with E-state index in [1.807, 2.05) is 0 Å². The maximum atomic E-state index is 12.9. The van der Waals surface area contributed by atoms with Crippen LogP contribution in [-0.4, -0.2) is 79.5 Å². The summed E-state index contributed by atoms with van der Waals surface area (Å²) in [5.74, 6) is -7.47. The Balaban J connectivity index is 1.87. The zero-order valence-corrected chi connectivity index (χ0v) is 23.4. The largest absolute Gasteiger partial charge is 0.481 e. The first-order valence-corrected chi connectivity index (χ1v) is 13.1. The summed E-state index contributed by atoms with van der Waals surface area (Å²) in [5, 5.41) is 52.6. The van der Waals surface area contributed by atoms with Crippen LogP contribution in [0.15, 0.2) is 47.6 Å². The molecule has 0 saturated carbocycles. The predicted octanol–water partition coefficient (Wildman–Crippen LogP) is 1.00. The molecule has 45 heavy (non-hydrogen) atoms. The van der Waals surface area contributed by atoms with E-state index < -0.39 is 66.7 Å². The van der Waals surface area contributed by atoms with Crippen molar-refractivity contribution in [3.63, 3.8) is 0 Å². The van der Waals surface area contributed by atoms with Crippen LogP contribution in [0.5, 0.6) is 5.75 Å².